The number of carbonyl (C=O) groups is 2. The maximum absolute atomic E-state index is 13.8. The lowest BCUT2D eigenvalue weighted by atomic mass is 10.1. The number of amides is 1. The van der Waals surface area contributed by atoms with Gasteiger partial charge in [0.2, 0.25) is 0 Å². The summed E-state index contributed by atoms with van der Waals surface area (Å²) in [7, 11) is 0. The van der Waals surface area contributed by atoms with Crippen LogP contribution in [0.15, 0.2) is 12.1 Å². The van der Waals surface area contributed by atoms with Gasteiger partial charge in [-0.05, 0) is 45.2 Å². The Hall–Kier alpha value is -1.95. The second-order valence-electron chi connectivity index (χ2n) is 5.16. The molecule has 1 aliphatic heterocycles. The van der Waals surface area contributed by atoms with Crippen molar-refractivity contribution in [1.82, 2.24) is 0 Å². The molecule has 0 saturated carbocycles. The molecule has 22 heavy (non-hydrogen) atoms. The molecule has 1 heterocycles. The van der Waals surface area contributed by atoms with E-state index in [2.05, 4.69) is 5.32 Å². The van der Waals surface area contributed by atoms with Gasteiger partial charge in [0.15, 0.2) is 0 Å². The average Bonchev–Trinajstić information content (AvgIpc) is 2.53. The molecule has 0 radical (unpaired) electrons. The average molecular weight is 309 g/mol. The van der Waals surface area contributed by atoms with Crippen molar-refractivity contribution in [1.29, 1.82) is 0 Å². The molecule has 1 amide bonds. The highest BCUT2D eigenvalue weighted by Gasteiger charge is 2.25. The number of rotatable bonds is 4. The Balaban J connectivity index is 2.25. The van der Waals surface area contributed by atoms with Crippen LogP contribution >= 0.6 is 0 Å². The van der Waals surface area contributed by atoms with Crippen molar-refractivity contribution in [3.8, 4) is 0 Å². The van der Waals surface area contributed by atoms with Crippen LogP contribution in [0.3, 0.4) is 0 Å². The third-order valence-corrected chi connectivity index (χ3v) is 3.61. The molecule has 2 rings (SSSR count). The predicted molar refractivity (Wildman–Crippen MR) is 79.3 cm³/mol. The summed E-state index contributed by atoms with van der Waals surface area (Å²) >= 11 is 0. The van der Waals surface area contributed by atoms with Crippen molar-refractivity contribution < 1.29 is 23.5 Å². The zero-order valence-corrected chi connectivity index (χ0v) is 12.8. The maximum Gasteiger partial charge on any atom is 0.340 e. The van der Waals surface area contributed by atoms with E-state index in [1.54, 1.807) is 6.92 Å². The molecule has 120 valence electrons. The van der Waals surface area contributed by atoms with Crippen LogP contribution in [0.2, 0.25) is 0 Å². The summed E-state index contributed by atoms with van der Waals surface area (Å²) in [4.78, 5) is 24.2. The first-order valence-electron chi connectivity index (χ1n) is 7.43. The van der Waals surface area contributed by atoms with E-state index in [4.69, 9.17) is 9.47 Å². The number of carbonyl (C=O) groups excluding carboxylic acids is 2. The van der Waals surface area contributed by atoms with E-state index >= 15 is 0 Å². The van der Waals surface area contributed by atoms with Gasteiger partial charge in [-0.15, -0.1) is 0 Å². The molecule has 6 heteroatoms. The van der Waals surface area contributed by atoms with E-state index in [9.17, 15) is 14.0 Å². The summed E-state index contributed by atoms with van der Waals surface area (Å²) in [5.41, 5.74) is 0.497. The monoisotopic (exact) mass is 309 g/mol. The highest BCUT2D eigenvalue weighted by Crippen LogP contribution is 2.25. The lowest BCUT2D eigenvalue weighted by Crippen LogP contribution is -2.34. The molecular formula is C16H20FNO4. The number of ether oxygens (including phenoxy) is 2. The van der Waals surface area contributed by atoms with Crippen molar-refractivity contribution in [2.75, 3.05) is 18.5 Å². The molecule has 0 aromatic heterocycles. The molecule has 1 aromatic carbocycles. The summed E-state index contributed by atoms with van der Waals surface area (Å²) < 4.78 is 24.1. The van der Waals surface area contributed by atoms with Gasteiger partial charge in [0, 0.05) is 12.2 Å². The fraction of sp³-hybridized carbons (Fsp3) is 0.500. The molecule has 0 bridgehead atoms. The molecule has 1 atom stereocenters. The normalized spacial score (nSPS) is 17.9. The first-order chi connectivity index (χ1) is 10.5. The molecule has 1 saturated heterocycles. The van der Waals surface area contributed by atoms with E-state index in [0.717, 1.165) is 12.8 Å². The van der Waals surface area contributed by atoms with Crippen LogP contribution in [0.4, 0.5) is 10.1 Å². The minimum absolute atomic E-state index is 0.143. The number of esters is 1. The highest BCUT2D eigenvalue weighted by molar-refractivity contribution is 6.03. The topological polar surface area (TPSA) is 64.6 Å². The Morgan fingerprint density at radius 1 is 1.41 bits per heavy atom. The molecule has 1 aliphatic rings. The Bertz CT molecular complexity index is 568. The Labute approximate surface area is 128 Å². The van der Waals surface area contributed by atoms with Crippen LogP contribution in [0.1, 0.15) is 42.1 Å². The first kappa shape index (κ1) is 16.4. The number of anilines is 1. The molecule has 0 aliphatic carbocycles. The van der Waals surface area contributed by atoms with Gasteiger partial charge in [0.05, 0.1) is 17.9 Å². The van der Waals surface area contributed by atoms with Crippen LogP contribution in [0.25, 0.3) is 0 Å². The quantitative estimate of drug-likeness (QED) is 0.869. The van der Waals surface area contributed by atoms with E-state index in [1.165, 1.54) is 19.1 Å². The van der Waals surface area contributed by atoms with Crippen LogP contribution in [0, 0.1) is 12.7 Å². The van der Waals surface area contributed by atoms with Crippen LogP contribution in [-0.2, 0) is 14.3 Å². The largest absolute Gasteiger partial charge is 0.462 e. The number of halogens is 1. The Morgan fingerprint density at radius 2 is 2.18 bits per heavy atom. The van der Waals surface area contributed by atoms with Crippen molar-refractivity contribution in [2.24, 2.45) is 0 Å². The highest BCUT2D eigenvalue weighted by atomic mass is 19.1. The van der Waals surface area contributed by atoms with Crippen molar-refractivity contribution >= 4 is 17.6 Å². The third kappa shape index (κ3) is 3.62. The van der Waals surface area contributed by atoms with Crippen LogP contribution in [0.5, 0.6) is 0 Å². The van der Waals surface area contributed by atoms with Gasteiger partial charge in [-0.2, -0.15) is 0 Å². The fourth-order valence-corrected chi connectivity index (χ4v) is 2.38. The first-order valence-corrected chi connectivity index (χ1v) is 7.43. The molecule has 1 N–H and O–H groups in total. The van der Waals surface area contributed by atoms with Crippen LogP contribution < -0.4 is 5.32 Å². The summed E-state index contributed by atoms with van der Waals surface area (Å²) in [6.45, 7) is 3.93. The molecule has 1 fully saturated rings. The van der Waals surface area contributed by atoms with Crippen molar-refractivity contribution in [3.63, 3.8) is 0 Å². The smallest absolute Gasteiger partial charge is 0.340 e. The zero-order valence-electron chi connectivity index (χ0n) is 12.8. The predicted octanol–water partition coefficient (Wildman–Crippen LogP) is 2.82. The summed E-state index contributed by atoms with van der Waals surface area (Å²) in [6, 6.07) is 2.51. The standard InChI is InChI=1S/C16H20FNO4/c1-3-21-16(20)11-7-8-12(17)10(2)14(11)18-15(19)13-6-4-5-9-22-13/h7-8,13H,3-6,9H2,1-2H3,(H,18,19)/t13-/m1/s1. The molecular weight excluding hydrogens is 289 g/mol. The van der Waals surface area contributed by atoms with E-state index in [-0.39, 0.29) is 29.3 Å². The number of benzene rings is 1. The van der Waals surface area contributed by atoms with Gasteiger partial charge in [-0.1, -0.05) is 0 Å². The van der Waals surface area contributed by atoms with E-state index in [1.807, 2.05) is 0 Å². The van der Waals surface area contributed by atoms with Gasteiger partial charge in [-0.25, -0.2) is 9.18 Å². The zero-order chi connectivity index (χ0) is 16.1. The number of hydrogen-bond acceptors (Lipinski definition) is 4. The lowest BCUT2D eigenvalue weighted by Gasteiger charge is -2.23. The Kier molecular flexibility index (Phi) is 5.49. The van der Waals surface area contributed by atoms with E-state index in [0.29, 0.717) is 13.0 Å². The minimum atomic E-state index is -0.592. The fourth-order valence-electron chi connectivity index (χ4n) is 2.38. The molecule has 1 aromatic rings. The maximum atomic E-state index is 13.8. The second-order valence-corrected chi connectivity index (χ2v) is 5.16. The minimum Gasteiger partial charge on any atom is -0.462 e. The lowest BCUT2D eigenvalue weighted by molar-refractivity contribution is -0.129. The second kappa shape index (κ2) is 7.35. The van der Waals surface area contributed by atoms with Gasteiger partial charge in [0.25, 0.3) is 5.91 Å². The van der Waals surface area contributed by atoms with Crippen LogP contribution in [-0.4, -0.2) is 31.2 Å². The van der Waals surface area contributed by atoms with Crippen molar-refractivity contribution in [2.45, 2.75) is 39.2 Å². The molecule has 0 spiro atoms. The number of hydrogen-bond donors (Lipinski definition) is 1. The van der Waals surface area contributed by atoms with Gasteiger partial charge in [0.1, 0.15) is 11.9 Å². The third-order valence-electron chi connectivity index (χ3n) is 3.61. The summed E-state index contributed by atoms with van der Waals surface area (Å²) in [5.74, 6) is -1.45. The van der Waals surface area contributed by atoms with Crippen molar-refractivity contribution in [3.05, 3.63) is 29.1 Å². The molecule has 5 nitrogen and oxygen atoms in total. The van der Waals surface area contributed by atoms with E-state index < -0.39 is 17.9 Å². The summed E-state index contributed by atoms with van der Waals surface area (Å²) in [5, 5.41) is 2.62. The van der Waals surface area contributed by atoms with Gasteiger partial charge in [-0.3, -0.25) is 4.79 Å². The summed E-state index contributed by atoms with van der Waals surface area (Å²) in [6.07, 6.45) is 1.89. The van der Waals surface area contributed by atoms with Gasteiger partial charge >= 0.3 is 5.97 Å². The molecule has 0 unspecified atom stereocenters. The number of nitrogens with one attached hydrogen (secondary N) is 1. The SMILES string of the molecule is CCOC(=O)c1ccc(F)c(C)c1NC(=O)[C@H]1CCCCO1. The van der Waals surface area contributed by atoms with Gasteiger partial charge < -0.3 is 14.8 Å². The Morgan fingerprint density at radius 3 is 2.82 bits per heavy atom.